The summed E-state index contributed by atoms with van der Waals surface area (Å²) in [5.41, 5.74) is 6.38. The third-order valence-corrected chi connectivity index (χ3v) is 3.71. The van der Waals surface area contributed by atoms with E-state index in [1.54, 1.807) is 18.2 Å². The van der Waals surface area contributed by atoms with E-state index in [9.17, 15) is 14.4 Å². The molecule has 3 amide bonds. The number of rotatable bonds is 2. The summed E-state index contributed by atoms with van der Waals surface area (Å²) in [6, 6.07) is 4.23. The molecule has 0 aromatic heterocycles. The molecule has 1 aromatic rings. The summed E-state index contributed by atoms with van der Waals surface area (Å²) in [6.07, 6.45) is 0.544. The second-order valence-electron chi connectivity index (χ2n) is 4.59. The molecule has 1 unspecified atom stereocenters. The molecular formula is C13H14BrN3O3. The molecule has 7 heteroatoms. The number of imide groups is 1. The summed E-state index contributed by atoms with van der Waals surface area (Å²) < 4.78 is 0.721. The van der Waals surface area contributed by atoms with Crippen LogP contribution in [-0.2, 0) is 9.59 Å². The number of likely N-dealkylation sites (N-methyl/N-ethyl adjacent to an activating group) is 1. The zero-order chi connectivity index (χ0) is 14.9. The first kappa shape index (κ1) is 14.5. The second kappa shape index (κ2) is 5.62. The van der Waals surface area contributed by atoms with Gasteiger partial charge in [-0.2, -0.15) is 0 Å². The predicted octanol–water partition coefficient (Wildman–Crippen LogP) is 0.908. The summed E-state index contributed by atoms with van der Waals surface area (Å²) in [4.78, 5) is 36.5. The van der Waals surface area contributed by atoms with Crippen molar-refractivity contribution in [2.75, 3.05) is 12.8 Å². The molecule has 2 rings (SSSR count). The maximum absolute atomic E-state index is 12.2. The number of amides is 3. The average Bonchev–Trinajstić information content (AvgIpc) is 2.42. The Morgan fingerprint density at radius 3 is 2.85 bits per heavy atom. The minimum Gasteiger partial charge on any atom is -0.398 e. The van der Waals surface area contributed by atoms with Crippen molar-refractivity contribution in [3.63, 3.8) is 0 Å². The van der Waals surface area contributed by atoms with Gasteiger partial charge in [-0.3, -0.25) is 19.3 Å². The van der Waals surface area contributed by atoms with Gasteiger partial charge in [0.25, 0.3) is 11.8 Å². The first-order valence-corrected chi connectivity index (χ1v) is 6.85. The SMILES string of the molecule is CN1C(=O)CCC(NC(=O)c2cc(Br)ccc2N)C1=O. The van der Waals surface area contributed by atoms with Gasteiger partial charge >= 0.3 is 0 Å². The molecule has 0 saturated carbocycles. The van der Waals surface area contributed by atoms with E-state index in [0.29, 0.717) is 17.7 Å². The van der Waals surface area contributed by atoms with Crippen LogP contribution in [0, 0.1) is 0 Å². The molecule has 1 aromatic carbocycles. The smallest absolute Gasteiger partial charge is 0.254 e. The monoisotopic (exact) mass is 339 g/mol. The second-order valence-corrected chi connectivity index (χ2v) is 5.50. The van der Waals surface area contributed by atoms with Gasteiger partial charge in [0.15, 0.2) is 0 Å². The Morgan fingerprint density at radius 1 is 1.45 bits per heavy atom. The van der Waals surface area contributed by atoms with E-state index in [4.69, 9.17) is 5.73 Å². The van der Waals surface area contributed by atoms with E-state index in [0.717, 1.165) is 9.37 Å². The fourth-order valence-electron chi connectivity index (χ4n) is 2.01. The van der Waals surface area contributed by atoms with Crippen molar-refractivity contribution < 1.29 is 14.4 Å². The van der Waals surface area contributed by atoms with Gasteiger partial charge in [0, 0.05) is 23.6 Å². The van der Waals surface area contributed by atoms with Crippen LogP contribution in [0.2, 0.25) is 0 Å². The number of nitrogens with zero attached hydrogens (tertiary/aromatic N) is 1. The first-order valence-electron chi connectivity index (χ1n) is 6.06. The highest BCUT2D eigenvalue weighted by molar-refractivity contribution is 9.10. The van der Waals surface area contributed by atoms with Crippen LogP contribution in [0.25, 0.3) is 0 Å². The minimum atomic E-state index is -0.691. The van der Waals surface area contributed by atoms with Crippen LogP contribution in [0.5, 0.6) is 0 Å². The average molecular weight is 340 g/mol. The molecule has 1 atom stereocenters. The molecule has 106 valence electrons. The fraction of sp³-hybridized carbons (Fsp3) is 0.308. The molecule has 0 bridgehead atoms. The van der Waals surface area contributed by atoms with E-state index in [1.807, 2.05) is 0 Å². The summed E-state index contributed by atoms with van der Waals surface area (Å²) in [5.74, 6) is -1.06. The van der Waals surface area contributed by atoms with Gasteiger partial charge in [-0.1, -0.05) is 15.9 Å². The highest BCUT2D eigenvalue weighted by atomic mass is 79.9. The molecule has 20 heavy (non-hydrogen) atoms. The highest BCUT2D eigenvalue weighted by Crippen LogP contribution is 2.19. The maximum atomic E-state index is 12.2. The number of likely N-dealkylation sites (tertiary alicyclic amines) is 1. The molecule has 1 saturated heterocycles. The Labute approximate surface area is 124 Å². The van der Waals surface area contributed by atoms with Gasteiger partial charge < -0.3 is 11.1 Å². The Balaban J connectivity index is 2.14. The van der Waals surface area contributed by atoms with Crippen LogP contribution in [0.1, 0.15) is 23.2 Å². The van der Waals surface area contributed by atoms with Crippen molar-refractivity contribution in [3.8, 4) is 0 Å². The third-order valence-electron chi connectivity index (χ3n) is 3.21. The van der Waals surface area contributed by atoms with Crippen LogP contribution in [0.15, 0.2) is 22.7 Å². The van der Waals surface area contributed by atoms with Gasteiger partial charge in [-0.25, -0.2) is 0 Å². The first-order chi connectivity index (χ1) is 9.40. The molecule has 6 nitrogen and oxygen atoms in total. The van der Waals surface area contributed by atoms with Crippen LogP contribution >= 0.6 is 15.9 Å². The molecule has 0 aliphatic carbocycles. The van der Waals surface area contributed by atoms with Crippen molar-refractivity contribution in [2.24, 2.45) is 0 Å². The molecule has 3 N–H and O–H groups in total. The highest BCUT2D eigenvalue weighted by Gasteiger charge is 2.33. The molecule has 1 fully saturated rings. The lowest BCUT2D eigenvalue weighted by Crippen LogP contribution is -2.52. The van der Waals surface area contributed by atoms with Gasteiger partial charge in [0.1, 0.15) is 6.04 Å². The van der Waals surface area contributed by atoms with Gasteiger partial charge in [0.05, 0.1) is 5.56 Å². The molecule has 0 spiro atoms. The largest absolute Gasteiger partial charge is 0.398 e. The zero-order valence-corrected chi connectivity index (χ0v) is 12.4. The predicted molar refractivity (Wildman–Crippen MR) is 76.8 cm³/mol. The number of halogens is 1. The van der Waals surface area contributed by atoms with E-state index in [-0.39, 0.29) is 12.3 Å². The number of hydrogen-bond acceptors (Lipinski definition) is 4. The zero-order valence-electron chi connectivity index (χ0n) is 10.9. The molecule has 1 aliphatic rings. The van der Waals surface area contributed by atoms with Crippen molar-refractivity contribution in [3.05, 3.63) is 28.2 Å². The van der Waals surface area contributed by atoms with Crippen LogP contribution in [0.4, 0.5) is 5.69 Å². The Bertz CT molecular complexity index is 588. The Hall–Kier alpha value is -1.89. The van der Waals surface area contributed by atoms with Crippen molar-refractivity contribution >= 4 is 39.3 Å². The number of nitrogen functional groups attached to an aromatic ring is 1. The number of benzene rings is 1. The van der Waals surface area contributed by atoms with E-state index >= 15 is 0 Å². The number of hydrogen-bond donors (Lipinski definition) is 2. The summed E-state index contributed by atoms with van der Waals surface area (Å²) in [5, 5.41) is 2.62. The normalized spacial score (nSPS) is 19.1. The number of anilines is 1. The maximum Gasteiger partial charge on any atom is 0.254 e. The molecule has 1 heterocycles. The molecular weight excluding hydrogens is 326 g/mol. The van der Waals surface area contributed by atoms with Crippen molar-refractivity contribution in [1.82, 2.24) is 10.2 Å². The Kier molecular flexibility index (Phi) is 4.08. The van der Waals surface area contributed by atoms with Crippen LogP contribution in [0.3, 0.4) is 0 Å². The third kappa shape index (κ3) is 2.82. The molecule has 1 aliphatic heterocycles. The summed E-state index contributed by atoms with van der Waals surface area (Å²) >= 11 is 3.26. The van der Waals surface area contributed by atoms with E-state index in [1.165, 1.54) is 7.05 Å². The number of nitrogens with two attached hydrogens (primary N) is 1. The lowest BCUT2D eigenvalue weighted by molar-refractivity contribution is -0.147. The van der Waals surface area contributed by atoms with Crippen LogP contribution < -0.4 is 11.1 Å². The fourth-order valence-corrected chi connectivity index (χ4v) is 2.37. The van der Waals surface area contributed by atoms with E-state index in [2.05, 4.69) is 21.2 Å². The number of carbonyl (C=O) groups excluding carboxylic acids is 3. The standard InChI is InChI=1S/C13H14BrN3O3/c1-17-11(18)5-4-10(13(17)20)16-12(19)8-6-7(14)2-3-9(8)15/h2-3,6,10H,4-5,15H2,1H3,(H,16,19). The summed E-state index contributed by atoms with van der Waals surface area (Å²) in [7, 11) is 1.41. The van der Waals surface area contributed by atoms with Crippen LogP contribution in [-0.4, -0.2) is 35.7 Å². The van der Waals surface area contributed by atoms with Gasteiger partial charge in [-0.05, 0) is 24.6 Å². The van der Waals surface area contributed by atoms with E-state index < -0.39 is 17.9 Å². The Morgan fingerprint density at radius 2 is 2.15 bits per heavy atom. The number of carbonyl (C=O) groups is 3. The van der Waals surface area contributed by atoms with Gasteiger partial charge in [0.2, 0.25) is 5.91 Å². The number of nitrogens with one attached hydrogen (secondary N) is 1. The molecule has 0 radical (unpaired) electrons. The quantitative estimate of drug-likeness (QED) is 0.618. The summed E-state index contributed by atoms with van der Waals surface area (Å²) in [6.45, 7) is 0. The lowest BCUT2D eigenvalue weighted by Gasteiger charge is -2.28. The van der Waals surface area contributed by atoms with Crippen molar-refractivity contribution in [1.29, 1.82) is 0 Å². The topological polar surface area (TPSA) is 92.5 Å². The minimum absolute atomic E-state index is 0.234. The van der Waals surface area contributed by atoms with Gasteiger partial charge in [-0.15, -0.1) is 0 Å². The lowest BCUT2D eigenvalue weighted by atomic mass is 10.0. The van der Waals surface area contributed by atoms with Crippen molar-refractivity contribution in [2.45, 2.75) is 18.9 Å². The number of piperidine rings is 1.